The Morgan fingerprint density at radius 3 is 2.24 bits per heavy atom. The fourth-order valence-electron chi connectivity index (χ4n) is 1.78. The smallest absolute Gasteiger partial charge is 0.406 e. The van der Waals surface area contributed by atoms with Gasteiger partial charge >= 0.3 is 6.36 Å². The van der Waals surface area contributed by atoms with Crippen molar-refractivity contribution in [3.63, 3.8) is 0 Å². The number of hydrogen-bond acceptors (Lipinski definition) is 3. The number of alkyl halides is 3. The summed E-state index contributed by atoms with van der Waals surface area (Å²) in [6, 6.07) is 10.4. The molecule has 0 unspecified atom stereocenters. The lowest BCUT2D eigenvalue weighted by Gasteiger charge is -2.13. The predicted octanol–water partition coefficient (Wildman–Crippen LogP) is 3.76. The van der Waals surface area contributed by atoms with Crippen molar-refractivity contribution in [1.82, 2.24) is 4.98 Å². The third kappa shape index (κ3) is 4.91. The molecule has 1 aromatic carbocycles. The maximum atomic E-state index is 12.1. The number of halogens is 4. The fourth-order valence-corrected chi connectivity index (χ4v) is 1.78. The third-order valence-electron chi connectivity index (χ3n) is 2.70. The van der Waals surface area contributed by atoms with Crippen molar-refractivity contribution in [3.8, 4) is 5.75 Å². The lowest BCUT2D eigenvalue weighted by atomic mass is 10.0. The van der Waals surface area contributed by atoms with Gasteiger partial charge in [-0.2, -0.15) is 0 Å². The molecule has 0 saturated carbocycles. The molecule has 1 atom stereocenters. The molecule has 2 N–H and O–H groups in total. The Morgan fingerprint density at radius 2 is 1.71 bits per heavy atom. The van der Waals surface area contributed by atoms with E-state index in [-0.39, 0.29) is 18.2 Å². The number of aryl methyl sites for hydroxylation is 1. The molecular weight excluding hydrogens is 305 g/mol. The first kappa shape index (κ1) is 17.3. The van der Waals surface area contributed by atoms with Crippen LogP contribution >= 0.6 is 12.4 Å². The first-order valence-corrected chi connectivity index (χ1v) is 5.90. The van der Waals surface area contributed by atoms with Crippen molar-refractivity contribution in [3.05, 3.63) is 59.4 Å². The van der Waals surface area contributed by atoms with E-state index >= 15 is 0 Å². The second-order valence-electron chi connectivity index (χ2n) is 4.30. The third-order valence-corrected chi connectivity index (χ3v) is 2.70. The zero-order valence-corrected chi connectivity index (χ0v) is 11.9. The lowest BCUT2D eigenvalue weighted by Crippen LogP contribution is -2.17. The summed E-state index contributed by atoms with van der Waals surface area (Å²) in [5.74, 6) is -0.273. The van der Waals surface area contributed by atoms with Gasteiger partial charge < -0.3 is 10.5 Å². The van der Waals surface area contributed by atoms with Gasteiger partial charge in [0.2, 0.25) is 0 Å². The topological polar surface area (TPSA) is 48.1 Å². The van der Waals surface area contributed by atoms with Crippen LogP contribution in [0.1, 0.15) is 23.0 Å². The Hall–Kier alpha value is -1.79. The van der Waals surface area contributed by atoms with Crippen LogP contribution in [0.3, 0.4) is 0 Å². The summed E-state index contributed by atoms with van der Waals surface area (Å²) >= 11 is 0. The lowest BCUT2D eigenvalue weighted by molar-refractivity contribution is -0.274. The van der Waals surface area contributed by atoms with Crippen LogP contribution in [0.15, 0.2) is 42.5 Å². The van der Waals surface area contributed by atoms with Crippen LogP contribution in [-0.4, -0.2) is 11.3 Å². The van der Waals surface area contributed by atoms with Crippen LogP contribution in [-0.2, 0) is 0 Å². The number of pyridine rings is 1. The number of nitrogens with two attached hydrogens (primary N) is 1. The highest BCUT2D eigenvalue weighted by Gasteiger charge is 2.31. The van der Waals surface area contributed by atoms with Gasteiger partial charge in [0.05, 0.1) is 11.7 Å². The SMILES string of the molecule is Cc1cccc([C@@H](N)c2ccc(OC(F)(F)F)cc2)n1.Cl. The highest BCUT2D eigenvalue weighted by molar-refractivity contribution is 5.85. The Labute approximate surface area is 126 Å². The quantitative estimate of drug-likeness (QED) is 0.937. The van der Waals surface area contributed by atoms with Gasteiger partial charge in [-0.25, -0.2) is 0 Å². The van der Waals surface area contributed by atoms with E-state index in [0.717, 1.165) is 5.69 Å². The van der Waals surface area contributed by atoms with Gasteiger partial charge in [0.1, 0.15) is 5.75 Å². The van der Waals surface area contributed by atoms with E-state index in [1.807, 2.05) is 19.1 Å². The second kappa shape index (κ2) is 6.78. The first-order chi connectivity index (χ1) is 9.35. The van der Waals surface area contributed by atoms with Gasteiger partial charge in [0, 0.05) is 5.69 Å². The normalized spacial score (nSPS) is 12.4. The zero-order chi connectivity index (χ0) is 14.8. The van der Waals surface area contributed by atoms with Crippen molar-refractivity contribution in [2.75, 3.05) is 0 Å². The largest absolute Gasteiger partial charge is 0.573 e. The highest BCUT2D eigenvalue weighted by Crippen LogP contribution is 2.25. The van der Waals surface area contributed by atoms with E-state index in [9.17, 15) is 13.2 Å². The molecule has 0 aliphatic heterocycles. The van der Waals surface area contributed by atoms with Crippen molar-refractivity contribution >= 4 is 12.4 Å². The molecule has 7 heteroatoms. The van der Waals surface area contributed by atoms with Crippen LogP contribution in [0.4, 0.5) is 13.2 Å². The average Bonchev–Trinajstić information content (AvgIpc) is 2.37. The molecule has 1 aromatic heterocycles. The van der Waals surface area contributed by atoms with E-state index in [1.54, 1.807) is 6.07 Å². The van der Waals surface area contributed by atoms with E-state index in [4.69, 9.17) is 5.73 Å². The van der Waals surface area contributed by atoms with Crippen molar-refractivity contribution < 1.29 is 17.9 Å². The number of rotatable bonds is 3. The van der Waals surface area contributed by atoms with E-state index in [2.05, 4.69) is 9.72 Å². The minimum atomic E-state index is -4.69. The number of benzene rings is 1. The Balaban J connectivity index is 0.00000220. The molecule has 3 nitrogen and oxygen atoms in total. The van der Waals surface area contributed by atoms with Crippen LogP contribution in [0.25, 0.3) is 0 Å². The zero-order valence-electron chi connectivity index (χ0n) is 11.1. The van der Waals surface area contributed by atoms with Crippen molar-refractivity contribution in [2.24, 2.45) is 5.73 Å². The van der Waals surface area contributed by atoms with Gasteiger partial charge in [-0.05, 0) is 36.8 Å². The number of nitrogens with zero attached hydrogens (tertiary/aromatic N) is 1. The molecule has 0 bridgehead atoms. The van der Waals surface area contributed by atoms with Gasteiger partial charge in [-0.15, -0.1) is 25.6 Å². The summed E-state index contributed by atoms with van der Waals surface area (Å²) in [5, 5.41) is 0. The van der Waals surface area contributed by atoms with Crippen molar-refractivity contribution in [2.45, 2.75) is 19.3 Å². The van der Waals surface area contributed by atoms with E-state index in [0.29, 0.717) is 11.3 Å². The van der Waals surface area contributed by atoms with E-state index < -0.39 is 12.4 Å². The molecule has 0 radical (unpaired) electrons. The molecule has 21 heavy (non-hydrogen) atoms. The molecule has 1 heterocycles. The summed E-state index contributed by atoms with van der Waals surface area (Å²) in [7, 11) is 0. The standard InChI is InChI=1S/C14H13F3N2O.ClH/c1-9-3-2-4-12(19-9)13(18)10-5-7-11(8-6-10)20-14(15,16)17;/h2-8,13H,18H2,1H3;1H/t13-;/m0./s1. The highest BCUT2D eigenvalue weighted by atomic mass is 35.5. The summed E-state index contributed by atoms with van der Waals surface area (Å²) in [6.45, 7) is 1.84. The van der Waals surface area contributed by atoms with Crippen LogP contribution in [0, 0.1) is 6.92 Å². The summed E-state index contributed by atoms with van der Waals surface area (Å²) in [6.07, 6.45) is -4.69. The minimum Gasteiger partial charge on any atom is -0.406 e. The average molecular weight is 319 g/mol. The number of aromatic nitrogens is 1. The van der Waals surface area contributed by atoms with Crippen molar-refractivity contribution in [1.29, 1.82) is 0 Å². The van der Waals surface area contributed by atoms with Gasteiger partial charge in [-0.1, -0.05) is 18.2 Å². The predicted molar refractivity (Wildman–Crippen MR) is 75.4 cm³/mol. The molecule has 2 aromatic rings. The maximum absolute atomic E-state index is 12.1. The Bertz CT molecular complexity index is 588. The molecular formula is C14H14ClF3N2O. The molecule has 0 aliphatic rings. The molecule has 0 spiro atoms. The number of hydrogen-bond donors (Lipinski definition) is 1. The molecule has 114 valence electrons. The molecule has 2 rings (SSSR count). The Kier molecular flexibility index (Phi) is 5.57. The summed E-state index contributed by atoms with van der Waals surface area (Å²) < 4.78 is 40.0. The number of ether oxygens (including phenoxy) is 1. The van der Waals surface area contributed by atoms with Gasteiger partial charge in [0.15, 0.2) is 0 Å². The minimum absolute atomic E-state index is 0. The summed E-state index contributed by atoms with van der Waals surface area (Å²) in [4.78, 5) is 4.30. The molecule has 0 amide bonds. The van der Waals surface area contributed by atoms with E-state index in [1.165, 1.54) is 24.3 Å². The summed E-state index contributed by atoms with van der Waals surface area (Å²) in [5.41, 5.74) is 8.19. The maximum Gasteiger partial charge on any atom is 0.573 e. The van der Waals surface area contributed by atoms with Gasteiger partial charge in [-0.3, -0.25) is 4.98 Å². The molecule has 0 saturated heterocycles. The fraction of sp³-hybridized carbons (Fsp3) is 0.214. The first-order valence-electron chi connectivity index (χ1n) is 5.90. The van der Waals surface area contributed by atoms with Gasteiger partial charge in [0.25, 0.3) is 0 Å². The molecule has 0 fully saturated rings. The van der Waals surface area contributed by atoms with Crippen LogP contribution in [0.5, 0.6) is 5.75 Å². The molecule has 0 aliphatic carbocycles. The van der Waals surface area contributed by atoms with Crippen LogP contribution in [0.2, 0.25) is 0 Å². The van der Waals surface area contributed by atoms with Crippen LogP contribution < -0.4 is 10.5 Å². The second-order valence-corrected chi connectivity index (χ2v) is 4.30. The Morgan fingerprint density at radius 1 is 1.10 bits per heavy atom. The monoisotopic (exact) mass is 318 g/mol.